The molecule has 150 valence electrons. The molecule has 3 aromatic carbocycles. The molecule has 0 spiro atoms. The Hall–Kier alpha value is -3.29. The van der Waals surface area contributed by atoms with Gasteiger partial charge in [-0.2, -0.15) is 0 Å². The topological polar surface area (TPSA) is 27.9 Å². The van der Waals surface area contributed by atoms with Gasteiger partial charge >= 0.3 is 6.03 Å². The molecule has 4 rings (SSSR count). The number of carbonyl (C=O) groups is 1. The van der Waals surface area contributed by atoms with Crippen molar-refractivity contribution >= 4 is 34.7 Å². The van der Waals surface area contributed by atoms with Gasteiger partial charge in [0, 0.05) is 16.4 Å². The molecule has 0 saturated carbocycles. The van der Waals surface area contributed by atoms with Gasteiger partial charge in [0.05, 0.1) is 18.2 Å². The van der Waals surface area contributed by atoms with Gasteiger partial charge in [-0.1, -0.05) is 53.6 Å². The van der Waals surface area contributed by atoms with Crippen molar-refractivity contribution in [2.75, 3.05) is 9.80 Å². The van der Waals surface area contributed by atoms with Crippen LogP contribution in [0.1, 0.15) is 31.0 Å². The first-order valence-electron chi connectivity index (χ1n) is 9.76. The number of amides is 2. The first-order valence-corrected chi connectivity index (χ1v) is 10.1. The van der Waals surface area contributed by atoms with Crippen LogP contribution in [-0.4, -0.2) is 11.6 Å². The van der Waals surface area contributed by atoms with Crippen LogP contribution in [0.4, 0.5) is 21.9 Å². The van der Waals surface area contributed by atoms with E-state index in [0.29, 0.717) is 10.7 Å². The molecule has 2 amide bonds. The van der Waals surface area contributed by atoms with Gasteiger partial charge < -0.3 is 0 Å². The average Bonchev–Trinajstić information content (AvgIpc) is 2.94. The molecule has 0 bridgehead atoms. The molecule has 1 unspecified atom stereocenters. The number of carbonyl (C=O) groups excluding carboxylic acids is 1. The molecule has 0 N–H and O–H groups in total. The van der Waals surface area contributed by atoms with Crippen LogP contribution in [0, 0.1) is 13.5 Å². The Kier molecular flexibility index (Phi) is 5.01. The zero-order chi connectivity index (χ0) is 21.5. The highest BCUT2D eigenvalue weighted by atomic mass is 35.5. The van der Waals surface area contributed by atoms with Gasteiger partial charge in [0.25, 0.3) is 0 Å². The van der Waals surface area contributed by atoms with Gasteiger partial charge in [-0.3, -0.25) is 9.80 Å². The van der Waals surface area contributed by atoms with Crippen molar-refractivity contribution in [2.45, 2.75) is 32.4 Å². The van der Waals surface area contributed by atoms with Crippen LogP contribution < -0.4 is 9.80 Å². The number of benzene rings is 3. The minimum absolute atomic E-state index is 0.107. The Morgan fingerprint density at radius 3 is 2.20 bits per heavy atom. The molecule has 5 heteroatoms. The average molecular weight is 416 g/mol. The summed E-state index contributed by atoms with van der Waals surface area (Å²) < 4.78 is 0. The molecule has 0 aliphatic carbocycles. The van der Waals surface area contributed by atoms with Crippen LogP contribution in [0.3, 0.4) is 0 Å². The Morgan fingerprint density at radius 2 is 1.60 bits per heavy atom. The number of nitrogens with zero attached hydrogens (tertiary/aromatic N) is 3. The summed E-state index contributed by atoms with van der Waals surface area (Å²) in [6, 6.07) is 22.5. The van der Waals surface area contributed by atoms with E-state index in [1.165, 1.54) is 0 Å². The molecule has 1 fully saturated rings. The smallest absolute Gasteiger partial charge is 0.286 e. The van der Waals surface area contributed by atoms with E-state index in [0.717, 1.165) is 22.5 Å². The third-order valence-electron chi connectivity index (χ3n) is 5.60. The summed E-state index contributed by atoms with van der Waals surface area (Å²) in [7, 11) is 0. The van der Waals surface area contributed by atoms with Crippen molar-refractivity contribution in [3.8, 4) is 0 Å². The minimum Gasteiger partial charge on any atom is -0.286 e. The van der Waals surface area contributed by atoms with Crippen molar-refractivity contribution in [3.63, 3.8) is 0 Å². The largest absolute Gasteiger partial charge is 0.330 e. The normalized spacial score (nSPS) is 17.8. The van der Waals surface area contributed by atoms with Crippen LogP contribution >= 0.6 is 11.6 Å². The van der Waals surface area contributed by atoms with E-state index in [1.54, 1.807) is 24.3 Å². The number of urea groups is 1. The summed E-state index contributed by atoms with van der Waals surface area (Å²) in [5, 5.41) is 0.630. The first kappa shape index (κ1) is 20.0. The van der Waals surface area contributed by atoms with Crippen molar-refractivity contribution < 1.29 is 4.79 Å². The van der Waals surface area contributed by atoms with Gasteiger partial charge in [0.2, 0.25) is 0 Å². The Labute approximate surface area is 182 Å². The Bertz CT molecular complexity index is 1130. The fraction of sp³-hybridized carbons (Fsp3) is 0.200. The molecular formula is C25H22ClN3O. The molecule has 4 nitrogen and oxygen atoms in total. The highest BCUT2D eigenvalue weighted by Gasteiger charge is 2.53. The highest BCUT2D eigenvalue weighted by molar-refractivity contribution is 6.30. The van der Waals surface area contributed by atoms with E-state index in [-0.39, 0.29) is 12.1 Å². The second-order valence-corrected chi connectivity index (χ2v) is 8.50. The van der Waals surface area contributed by atoms with Crippen LogP contribution in [-0.2, 0) is 0 Å². The predicted molar refractivity (Wildman–Crippen MR) is 123 cm³/mol. The summed E-state index contributed by atoms with van der Waals surface area (Å²) in [5.74, 6) is 0. The molecule has 1 saturated heterocycles. The van der Waals surface area contributed by atoms with Gasteiger partial charge in [-0.15, -0.1) is 0 Å². The molecule has 1 atom stereocenters. The maximum absolute atomic E-state index is 13.8. The van der Waals surface area contributed by atoms with E-state index in [9.17, 15) is 4.79 Å². The maximum atomic E-state index is 13.8. The van der Waals surface area contributed by atoms with Gasteiger partial charge in [-0.05, 0) is 62.7 Å². The quantitative estimate of drug-likeness (QED) is 0.417. The van der Waals surface area contributed by atoms with Crippen molar-refractivity contribution in [2.24, 2.45) is 0 Å². The molecule has 30 heavy (non-hydrogen) atoms. The Morgan fingerprint density at radius 1 is 0.967 bits per heavy atom. The molecule has 0 aromatic heterocycles. The van der Waals surface area contributed by atoms with Gasteiger partial charge in [0.15, 0.2) is 5.69 Å². The lowest BCUT2D eigenvalue weighted by atomic mass is 9.87. The number of hydrogen-bond acceptors (Lipinski definition) is 1. The van der Waals surface area contributed by atoms with E-state index in [2.05, 4.69) is 43.8 Å². The fourth-order valence-corrected chi connectivity index (χ4v) is 4.41. The van der Waals surface area contributed by atoms with E-state index in [1.807, 2.05) is 40.1 Å². The third-order valence-corrected chi connectivity index (χ3v) is 5.85. The summed E-state index contributed by atoms with van der Waals surface area (Å²) in [6.45, 7) is 13.4. The molecule has 1 heterocycles. The second kappa shape index (κ2) is 7.51. The highest BCUT2D eigenvalue weighted by Crippen LogP contribution is 2.48. The molecule has 1 aliphatic rings. The molecule has 0 radical (unpaired) electrons. The summed E-state index contributed by atoms with van der Waals surface area (Å²) in [6.07, 6.45) is 0. The van der Waals surface area contributed by atoms with Crippen LogP contribution in [0.25, 0.3) is 4.85 Å². The molecule has 3 aromatic rings. The summed E-state index contributed by atoms with van der Waals surface area (Å²) >= 11 is 6.08. The van der Waals surface area contributed by atoms with E-state index >= 15 is 0 Å². The predicted octanol–water partition coefficient (Wildman–Crippen LogP) is 7.17. The third kappa shape index (κ3) is 3.32. The maximum Gasteiger partial charge on any atom is 0.330 e. The lowest BCUT2D eigenvalue weighted by molar-refractivity contribution is 0.254. The number of rotatable bonds is 3. The van der Waals surface area contributed by atoms with Crippen LogP contribution in [0.5, 0.6) is 0 Å². The van der Waals surface area contributed by atoms with Gasteiger partial charge in [0.1, 0.15) is 0 Å². The summed E-state index contributed by atoms with van der Waals surface area (Å²) in [4.78, 5) is 20.9. The number of hydrogen-bond donors (Lipinski definition) is 0. The SMILES string of the molecule is [C-]#[N+]c1ccc(N2C(=O)N(c3ccc(Cl)cc3)C(C)(C)C2c2cccc(C)c2)cc1. The number of aryl methyl sites for hydroxylation is 1. The Balaban J connectivity index is 1.89. The molecule has 1 aliphatic heterocycles. The monoisotopic (exact) mass is 415 g/mol. The minimum atomic E-state index is -0.531. The van der Waals surface area contributed by atoms with Crippen molar-refractivity contribution in [3.05, 3.63) is 100 Å². The van der Waals surface area contributed by atoms with Crippen molar-refractivity contribution in [1.29, 1.82) is 0 Å². The standard InChI is InChI=1S/C25H22ClN3O/c1-17-6-5-7-18(16-17)23-25(2,3)29(22-12-8-19(26)9-13-22)24(30)28(23)21-14-10-20(27-4)11-15-21/h5-16,23H,1-3H3. The zero-order valence-electron chi connectivity index (χ0n) is 17.1. The lowest BCUT2D eigenvalue weighted by Gasteiger charge is -2.35. The van der Waals surface area contributed by atoms with E-state index in [4.69, 9.17) is 18.2 Å². The lowest BCUT2D eigenvalue weighted by Crippen LogP contribution is -2.43. The molecular weight excluding hydrogens is 394 g/mol. The number of halogens is 1. The first-order chi connectivity index (χ1) is 14.3. The summed E-state index contributed by atoms with van der Waals surface area (Å²) in [5.41, 5.74) is 3.79. The van der Waals surface area contributed by atoms with Crippen LogP contribution in [0.15, 0.2) is 72.8 Å². The fourth-order valence-electron chi connectivity index (χ4n) is 4.28. The van der Waals surface area contributed by atoms with Crippen molar-refractivity contribution in [1.82, 2.24) is 0 Å². The van der Waals surface area contributed by atoms with E-state index < -0.39 is 5.54 Å². The van der Waals surface area contributed by atoms with Gasteiger partial charge in [-0.25, -0.2) is 9.64 Å². The second-order valence-electron chi connectivity index (χ2n) is 8.06. The number of anilines is 2. The zero-order valence-corrected chi connectivity index (χ0v) is 17.9. The van der Waals surface area contributed by atoms with Crippen LogP contribution in [0.2, 0.25) is 5.02 Å².